The number of nitrogens with zero attached hydrogens (tertiary/aromatic N) is 7. The van der Waals surface area contributed by atoms with Gasteiger partial charge in [-0.15, -0.1) is 0 Å². The molecule has 0 saturated carbocycles. The first-order valence-corrected chi connectivity index (χ1v) is 22.6. The number of likely N-dealkylation sites (tertiary alicyclic amines) is 1. The number of aromatic nitrogens is 1. The first kappa shape index (κ1) is 44.8. The van der Waals surface area contributed by atoms with Crippen LogP contribution in [0.25, 0.3) is 11.1 Å². The molecule has 8 rings (SSSR count). The Bertz CT molecular complexity index is 2340. The number of benzene rings is 2. The summed E-state index contributed by atoms with van der Waals surface area (Å²) in [7, 11) is 9.06. The van der Waals surface area contributed by atoms with Crippen LogP contribution >= 0.6 is 0 Å². The van der Waals surface area contributed by atoms with Crippen molar-refractivity contribution in [3.05, 3.63) is 74.7 Å². The molecule has 0 spiro atoms. The monoisotopic (exact) mass is 879 g/mol. The lowest BCUT2D eigenvalue weighted by atomic mass is 9.91. The van der Waals surface area contributed by atoms with Gasteiger partial charge in [0.25, 0.3) is 17.4 Å². The topological polar surface area (TPSA) is 169 Å². The SMILES string of the molecule is COc1cc(-c2cn(C)c(=O)c3c2CCN(C(=O)NC2CCN(CCCCN4CCN(c5ccc6c(c5)C(=O)N(C5CCC(=O)NC5=O)C6=O)CC4)CC2)C3)cc(OC)c1CN(C)C. The van der Waals surface area contributed by atoms with E-state index in [1.165, 1.54) is 0 Å². The second-order valence-electron chi connectivity index (χ2n) is 18.0. The molecule has 6 amide bonds. The second-order valence-corrected chi connectivity index (χ2v) is 18.0. The molecule has 5 aliphatic rings. The fourth-order valence-electron chi connectivity index (χ4n) is 9.96. The van der Waals surface area contributed by atoms with E-state index in [-0.39, 0.29) is 37.0 Å². The van der Waals surface area contributed by atoms with Gasteiger partial charge in [0, 0.05) is 94.9 Å². The lowest BCUT2D eigenvalue weighted by molar-refractivity contribution is -0.136. The zero-order chi connectivity index (χ0) is 45.2. The van der Waals surface area contributed by atoms with Crippen LogP contribution < -0.4 is 30.6 Å². The van der Waals surface area contributed by atoms with Crippen LogP contribution in [0, 0.1) is 0 Å². The van der Waals surface area contributed by atoms with Crippen molar-refractivity contribution >= 4 is 35.3 Å². The van der Waals surface area contributed by atoms with Crippen molar-refractivity contribution in [3.63, 3.8) is 0 Å². The number of methoxy groups -OCH3 is 2. The molecule has 0 bridgehead atoms. The molecular weight excluding hydrogens is 819 g/mol. The Morgan fingerprint density at radius 1 is 0.781 bits per heavy atom. The van der Waals surface area contributed by atoms with Gasteiger partial charge >= 0.3 is 6.03 Å². The Kier molecular flexibility index (Phi) is 13.4. The normalized spacial score (nSPS) is 19.8. The molecular formula is C47H61N9O8. The molecule has 17 nitrogen and oxygen atoms in total. The molecule has 342 valence electrons. The van der Waals surface area contributed by atoms with Gasteiger partial charge in [-0.25, -0.2) is 4.79 Å². The summed E-state index contributed by atoms with van der Waals surface area (Å²) in [5.74, 6) is -0.535. The Balaban J connectivity index is 0.764. The largest absolute Gasteiger partial charge is 0.496 e. The quantitative estimate of drug-likeness (QED) is 0.191. The number of carbonyl (C=O) groups is 5. The van der Waals surface area contributed by atoms with Gasteiger partial charge in [-0.1, -0.05) is 0 Å². The molecule has 3 aromatic rings. The summed E-state index contributed by atoms with van der Waals surface area (Å²) in [5.41, 5.74) is 5.79. The third kappa shape index (κ3) is 9.24. The molecule has 6 heterocycles. The highest BCUT2D eigenvalue weighted by atomic mass is 16.5. The Morgan fingerprint density at radius 3 is 2.08 bits per heavy atom. The maximum atomic E-state index is 13.6. The number of fused-ring (bicyclic) bond motifs is 2. The average Bonchev–Trinajstić information content (AvgIpc) is 3.54. The van der Waals surface area contributed by atoms with Gasteiger partial charge < -0.3 is 39.0 Å². The summed E-state index contributed by atoms with van der Waals surface area (Å²) < 4.78 is 13.2. The van der Waals surface area contributed by atoms with Crippen LogP contribution in [0.3, 0.4) is 0 Å². The van der Waals surface area contributed by atoms with E-state index in [4.69, 9.17) is 9.47 Å². The number of rotatable bonds is 13. The molecule has 2 aromatic carbocycles. The second kappa shape index (κ2) is 19.1. The minimum atomic E-state index is -0.974. The number of anilines is 1. The maximum absolute atomic E-state index is 13.6. The van der Waals surface area contributed by atoms with Crippen molar-refractivity contribution in [3.8, 4) is 22.6 Å². The van der Waals surface area contributed by atoms with Gasteiger partial charge in [0.05, 0.1) is 37.5 Å². The minimum absolute atomic E-state index is 0.0878. The number of hydrogen-bond donors (Lipinski definition) is 2. The number of unbranched alkanes of at least 4 members (excludes halogenated alkanes) is 1. The highest BCUT2D eigenvalue weighted by molar-refractivity contribution is 6.23. The van der Waals surface area contributed by atoms with E-state index in [9.17, 15) is 28.8 Å². The maximum Gasteiger partial charge on any atom is 0.317 e. The average molecular weight is 880 g/mol. The highest BCUT2D eigenvalue weighted by Gasteiger charge is 2.45. The van der Waals surface area contributed by atoms with E-state index in [1.807, 2.05) is 38.5 Å². The minimum Gasteiger partial charge on any atom is -0.496 e. The first-order chi connectivity index (χ1) is 30.8. The number of piperazine rings is 1. The standard InChI is InChI=1S/C47H61N9O8/c1-50(2)27-38-40(63-4)24-30(25-41(38)64-5)36-28-51(3)44(59)37-29-55(19-14-33(36)37)47(62)48-31-12-17-52(18-13-31)15-6-7-16-53-20-22-54(23-21-53)32-8-9-34-35(26-32)46(61)56(45(34)60)39-10-11-42(57)49-43(39)58/h8-9,24-26,28,31,39H,6-7,10-23,27,29H2,1-5H3,(H,48,62)(H,49,57,58). The number of imide groups is 2. The third-order valence-electron chi connectivity index (χ3n) is 13.5. The van der Waals surface area contributed by atoms with Crippen LogP contribution in [0.1, 0.15) is 75.9 Å². The Labute approximate surface area is 374 Å². The smallest absolute Gasteiger partial charge is 0.317 e. The van der Waals surface area contributed by atoms with Crippen molar-refractivity contribution < 1.29 is 33.4 Å². The van der Waals surface area contributed by atoms with E-state index >= 15 is 0 Å². The van der Waals surface area contributed by atoms with E-state index in [0.717, 1.165) is 122 Å². The van der Waals surface area contributed by atoms with Crippen LogP contribution in [-0.2, 0) is 36.1 Å². The van der Waals surface area contributed by atoms with Crippen molar-refractivity contribution in [1.29, 1.82) is 0 Å². The molecule has 17 heteroatoms. The van der Waals surface area contributed by atoms with Gasteiger partial charge in [-0.3, -0.25) is 39.1 Å². The molecule has 64 heavy (non-hydrogen) atoms. The lowest BCUT2D eigenvalue weighted by Crippen LogP contribution is -2.54. The fourth-order valence-corrected chi connectivity index (χ4v) is 9.96. The summed E-state index contributed by atoms with van der Waals surface area (Å²) in [4.78, 5) is 89.7. The number of piperidine rings is 2. The number of amides is 6. The van der Waals surface area contributed by atoms with Crippen LogP contribution in [0.5, 0.6) is 11.5 Å². The van der Waals surface area contributed by atoms with Gasteiger partial charge in [-0.2, -0.15) is 0 Å². The first-order valence-electron chi connectivity index (χ1n) is 22.6. The lowest BCUT2D eigenvalue weighted by Gasteiger charge is -2.36. The Hall–Kier alpha value is -5.78. The van der Waals surface area contributed by atoms with Gasteiger partial charge in [0.2, 0.25) is 11.8 Å². The molecule has 0 aliphatic carbocycles. The van der Waals surface area contributed by atoms with Crippen LogP contribution in [0.2, 0.25) is 0 Å². The van der Waals surface area contributed by atoms with Crippen LogP contribution in [-0.4, -0.2) is 158 Å². The molecule has 1 aromatic heterocycles. The fraction of sp³-hybridized carbons (Fsp3) is 0.532. The molecule has 5 aliphatic heterocycles. The summed E-state index contributed by atoms with van der Waals surface area (Å²) >= 11 is 0. The molecule has 1 atom stereocenters. The summed E-state index contributed by atoms with van der Waals surface area (Å²) in [5, 5.41) is 5.52. The van der Waals surface area contributed by atoms with E-state index in [0.29, 0.717) is 36.2 Å². The van der Waals surface area contributed by atoms with E-state index < -0.39 is 29.7 Å². The zero-order valence-corrected chi connectivity index (χ0v) is 37.7. The van der Waals surface area contributed by atoms with Crippen molar-refractivity contribution in [2.24, 2.45) is 7.05 Å². The third-order valence-corrected chi connectivity index (χ3v) is 13.5. The molecule has 1 unspecified atom stereocenters. The number of nitrogens with one attached hydrogen (secondary N) is 2. The van der Waals surface area contributed by atoms with Crippen LogP contribution in [0.15, 0.2) is 41.3 Å². The Morgan fingerprint density at radius 2 is 1.44 bits per heavy atom. The number of ether oxygens (including phenoxy) is 2. The predicted molar refractivity (Wildman–Crippen MR) is 241 cm³/mol. The highest BCUT2D eigenvalue weighted by Crippen LogP contribution is 2.38. The molecule has 3 fully saturated rings. The van der Waals surface area contributed by atoms with Crippen molar-refractivity contribution in [2.45, 2.75) is 70.1 Å². The number of pyridine rings is 1. The summed E-state index contributed by atoms with van der Waals surface area (Å²) in [6.45, 7) is 8.70. The number of aryl methyl sites for hydroxylation is 1. The number of carbonyl (C=O) groups excluding carboxylic acids is 5. The van der Waals surface area contributed by atoms with Crippen LogP contribution in [0.4, 0.5) is 10.5 Å². The predicted octanol–water partition coefficient (Wildman–Crippen LogP) is 2.67. The van der Waals surface area contributed by atoms with Gasteiger partial charge in [0.15, 0.2) is 0 Å². The van der Waals surface area contributed by atoms with Gasteiger partial charge in [0.1, 0.15) is 17.5 Å². The van der Waals surface area contributed by atoms with E-state index in [1.54, 1.807) is 42.9 Å². The number of urea groups is 1. The summed E-state index contributed by atoms with van der Waals surface area (Å²) in [6.07, 6.45) is 6.62. The van der Waals surface area contributed by atoms with Crippen molar-refractivity contribution in [2.75, 3.05) is 92.1 Å². The summed E-state index contributed by atoms with van der Waals surface area (Å²) in [6, 6.07) is 8.32. The van der Waals surface area contributed by atoms with Crippen molar-refractivity contribution in [1.82, 2.24) is 39.7 Å². The van der Waals surface area contributed by atoms with E-state index in [2.05, 4.69) is 30.2 Å². The molecule has 0 radical (unpaired) electrons. The zero-order valence-electron chi connectivity index (χ0n) is 37.7. The molecule has 2 N–H and O–H groups in total. The number of hydrogen-bond acceptors (Lipinski definition) is 12. The molecule has 3 saturated heterocycles. The van der Waals surface area contributed by atoms with Gasteiger partial charge in [-0.05, 0) is 107 Å².